The molecular formula is C23H25N2O3S2+. The lowest BCUT2D eigenvalue weighted by molar-refractivity contribution is -0.534. The van der Waals surface area contributed by atoms with E-state index in [2.05, 4.69) is 9.48 Å². The number of aliphatic hydroxyl groups excluding tert-OH is 1. The molecule has 30 heavy (non-hydrogen) atoms. The summed E-state index contributed by atoms with van der Waals surface area (Å²) in [7, 11) is 0. The number of anilines is 1. The first-order chi connectivity index (χ1) is 14.6. The molecule has 0 saturated carbocycles. The van der Waals surface area contributed by atoms with Gasteiger partial charge in [-0.15, -0.1) is 11.3 Å². The van der Waals surface area contributed by atoms with E-state index in [1.54, 1.807) is 0 Å². The molecule has 0 unspecified atom stereocenters. The van der Waals surface area contributed by atoms with Gasteiger partial charge in [0.15, 0.2) is 0 Å². The Hall–Kier alpha value is -2.12. The zero-order valence-electron chi connectivity index (χ0n) is 16.9. The minimum absolute atomic E-state index is 0.163. The van der Waals surface area contributed by atoms with E-state index in [1.807, 2.05) is 24.3 Å². The topological polar surface area (TPSA) is 60.6 Å². The summed E-state index contributed by atoms with van der Waals surface area (Å²) in [6.45, 7) is 4.07. The van der Waals surface area contributed by atoms with Crippen LogP contribution in [0.2, 0.25) is 0 Å². The fraction of sp³-hybridized carbons (Fsp3) is 0.435. The number of rotatable bonds is 2. The molecule has 156 valence electrons. The molecule has 1 aromatic rings. The van der Waals surface area contributed by atoms with Crippen LogP contribution in [0.15, 0.2) is 40.5 Å². The standard InChI is InChI=1S/C23H24N2O3S2/c26-21-19(15-7-9-17(29-15)24-11-3-1-4-12-24)22(27)23(28)20(21)16-8-10-18(30-16)25-13-5-2-6-14-25/h7-10H,1-6,11-14H2/p+1. The maximum Gasteiger partial charge on any atom is 0.239 e. The highest BCUT2D eigenvalue weighted by Crippen LogP contribution is 2.42. The van der Waals surface area contributed by atoms with Crippen LogP contribution in [0.4, 0.5) is 5.00 Å². The van der Waals surface area contributed by atoms with Crippen molar-refractivity contribution in [2.75, 3.05) is 31.1 Å². The molecule has 7 heteroatoms. The monoisotopic (exact) mass is 441 g/mol. The molecule has 2 fully saturated rings. The Morgan fingerprint density at radius 3 is 2.33 bits per heavy atom. The summed E-state index contributed by atoms with van der Waals surface area (Å²) < 4.78 is 2.32. The number of carbonyl (C=O) groups is 2. The highest BCUT2D eigenvalue weighted by Gasteiger charge is 2.41. The first kappa shape index (κ1) is 19.8. The Morgan fingerprint density at radius 2 is 1.57 bits per heavy atom. The number of hydrogen-bond donors (Lipinski definition) is 1. The maximum atomic E-state index is 12.8. The fourth-order valence-corrected chi connectivity index (χ4v) is 6.72. The normalized spacial score (nSPS) is 25.3. The molecule has 0 atom stereocenters. The zero-order valence-corrected chi connectivity index (χ0v) is 18.5. The van der Waals surface area contributed by atoms with Crippen LogP contribution in [0.5, 0.6) is 0 Å². The van der Waals surface area contributed by atoms with E-state index in [0.29, 0.717) is 9.78 Å². The van der Waals surface area contributed by atoms with Gasteiger partial charge in [-0.05, 0) is 55.7 Å². The SMILES string of the molecule is O=C1C(=O)C(c2ccc(N3CCCCC3)s2)=C(O)C1=C1C=CC(=[N+]2CCCCC2)S1. The summed E-state index contributed by atoms with van der Waals surface area (Å²) in [6, 6.07) is 3.86. The number of allylic oxidation sites excluding steroid dienone is 3. The van der Waals surface area contributed by atoms with Crippen molar-refractivity contribution in [3.8, 4) is 0 Å². The Kier molecular flexibility index (Phi) is 5.41. The number of aliphatic hydroxyl groups is 1. The van der Waals surface area contributed by atoms with Crippen molar-refractivity contribution in [3.05, 3.63) is 45.4 Å². The number of carbonyl (C=O) groups excluding carboxylic acids is 2. The number of thiophene rings is 1. The first-order valence-electron chi connectivity index (χ1n) is 10.7. The fourth-order valence-electron chi connectivity index (χ4n) is 4.52. The van der Waals surface area contributed by atoms with E-state index >= 15 is 0 Å². The highest BCUT2D eigenvalue weighted by molar-refractivity contribution is 8.18. The van der Waals surface area contributed by atoms with Gasteiger partial charge < -0.3 is 10.0 Å². The average Bonchev–Trinajstić information content (AvgIpc) is 3.49. The number of nitrogens with zero attached hydrogens (tertiary/aromatic N) is 2. The van der Waals surface area contributed by atoms with E-state index in [1.165, 1.54) is 61.6 Å². The van der Waals surface area contributed by atoms with Gasteiger partial charge in [0.1, 0.15) is 18.8 Å². The highest BCUT2D eigenvalue weighted by atomic mass is 32.2. The molecule has 5 rings (SSSR count). The molecule has 0 spiro atoms. The number of ketones is 2. The quantitative estimate of drug-likeness (QED) is 0.421. The van der Waals surface area contributed by atoms with Gasteiger partial charge in [-0.2, -0.15) is 0 Å². The minimum atomic E-state index is -0.595. The van der Waals surface area contributed by atoms with Crippen LogP contribution in [0.3, 0.4) is 0 Å². The summed E-state index contributed by atoms with van der Waals surface area (Å²) in [5.74, 6) is -1.35. The molecule has 2 saturated heterocycles. The largest absolute Gasteiger partial charge is 0.506 e. The second-order valence-electron chi connectivity index (χ2n) is 8.13. The number of hydrogen-bond acceptors (Lipinski definition) is 6. The van der Waals surface area contributed by atoms with E-state index in [4.69, 9.17) is 0 Å². The molecule has 1 aromatic heterocycles. The third-order valence-electron chi connectivity index (χ3n) is 6.15. The molecule has 4 heterocycles. The van der Waals surface area contributed by atoms with Gasteiger partial charge in [-0.25, -0.2) is 4.58 Å². The molecular weight excluding hydrogens is 416 g/mol. The van der Waals surface area contributed by atoms with E-state index in [9.17, 15) is 14.7 Å². The Morgan fingerprint density at radius 1 is 0.867 bits per heavy atom. The summed E-state index contributed by atoms with van der Waals surface area (Å²) >= 11 is 2.98. The van der Waals surface area contributed by atoms with Crippen LogP contribution in [0.1, 0.15) is 43.4 Å². The molecule has 4 aliphatic rings. The van der Waals surface area contributed by atoms with Gasteiger partial charge in [-0.3, -0.25) is 9.59 Å². The van der Waals surface area contributed by atoms with Crippen molar-refractivity contribution in [1.29, 1.82) is 0 Å². The molecule has 0 bridgehead atoms. The number of Topliss-reactive ketones (excluding diaryl/α,β-unsaturated/α-hetero) is 2. The van der Waals surface area contributed by atoms with Crippen LogP contribution in [0, 0.1) is 0 Å². The van der Waals surface area contributed by atoms with Crippen molar-refractivity contribution in [2.45, 2.75) is 38.5 Å². The molecule has 0 aromatic carbocycles. The van der Waals surface area contributed by atoms with Gasteiger partial charge in [-0.1, -0.05) is 0 Å². The molecule has 1 aliphatic carbocycles. The third kappa shape index (κ3) is 3.48. The minimum Gasteiger partial charge on any atom is -0.506 e. The van der Waals surface area contributed by atoms with Gasteiger partial charge in [0.05, 0.1) is 16.1 Å². The summed E-state index contributed by atoms with van der Waals surface area (Å²) in [5, 5.41) is 13.1. The van der Waals surface area contributed by atoms with Crippen molar-refractivity contribution < 1.29 is 19.3 Å². The van der Waals surface area contributed by atoms with Gasteiger partial charge in [0.2, 0.25) is 16.6 Å². The van der Waals surface area contributed by atoms with Crippen LogP contribution in [-0.2, 0) is 9.59 Å². The van der Waals surface area contributed by atoms with Gasteiger partial charge in [0.25, 0.3) is 0 Å². The summed E-state index contributed by atoms with van der Waals surface area (Å²) in [5.41, 5.74) is 0.326. The molecule has 0 amide bonds. The predicted molar refractivity (Wildman–Crippen MR) is 123 cm³/mol. The predicted octanol–water partition coefficient (Wildman–Crippen LogP) is 4.31. The second-order valence-corrected chi connectivity index (χ2v) is 10.3. The Labute approximate surface area is 184 Å². The zero-order chi connectivity index (χ0) is 20.7. The van der Waals surface area contributed by atoms with E-state index < -0.39 is 11.6 Å². The van der Waals surface area contributed by atoms with Crippen molar-refractivity contribution >= 4 is 50.3 Å². The average molecular weight is 442 g/mol. The van der Waals surface area contributed by atoms with Gasteiger partial charge >= 0.3 is 0 Å². The number of thioether (sulfide) groups is 1. The lowest BCUT2D eigenvalue weighted by Gasteiger charge is -2.27. The lowest BCUT2D eigenvalue weighted by Crippen LogP contribution is -2.28. The van der Waals surface area contributed by atoms with Crippen LogP contribution in [-0.4, -0.2) is 52.5 Å². The van der Waals surface area contributed by atoms with E-state index in [0.717, 1.165) is 36.2 Å². The Balaban J connectivity index is 1.46. The van der Waals surface area contributed by atoms with Crippen LogP contribution >= 0.6 is 23.1 Å². The van der Waals surface area contributed by atoms with Crippen molar-refractivity contribution in [1.82, 2.24) is 0 Å². The number of piperidine rings is 2. The van der Waals surface area contributed by atoms with Crippen molar-refractivity contribution in [2.24, 2.45) is 0 Å². The Bertz CT molecular complexity index is 1030. The molecule has 0 radical (unpaired) electrons. The maximum absolute atomic E-state index is 12.8. The summed E-state index contributed by atoms with van der Waals surface area (Å²) in [4.78, 5) is 29.3. The van der Waals surface area contributed by atoms with Gasteiger partial charge in [0, 0.05) is 41.8 Å². The lowest BCUT2D eigenvalue weighted by atomic mass is 10.1. The van der Waals surface area contributed by atoms with Crippen LogP contribution in [0.25, 0.3) is 5.57 Å². The van der Waals surface area contributed by atoms with E-state index in [-0.39, 0.29) is 16.9 Å². The smallest absolute Gasteiger partial charge is 0.239 e. The van der Waals surface area contributed by atoms with Crippen molar-refractivity contribution in [3.63, 3.8) is 0 Å². The molecule has 1 N–H and O–H groups in total. The summed E-state index contributed by atoms with van der Waals surface area (Å²) in [6.07, 6.45) is 11.1. The second kappa shape index (κ2) is 8.19. The van der Waals surface area contributed by atoms with Crippen LogP contribution < -0.4 is 4.90 Å². The molecule has 3 aliphatic heterocycles. The first-order valence-corrected chi connectivity index (χ1v) is 12.4. The third-order valence-corrected chi connectivity index (χ3v) is 8.47. The molecule has 5 nitrogen and oxygen atoms in total.